The molecule has 0 radical (unpaired) electrons. The molecule has 0 aliphatic rings. The molecular formula is C32H24F6N2O4S2. The van der Waals surface area contributed by atoms with Gasteiger partial charge < -0.3 is 18.9 Å². The van der Waals surface area contributed by atoms with Crippen LogP contribution in [-0.4, -0.2) is 38.4 Å². The van der Waals surface area contributed by atoms with Gasteiger partial charge in [-0.15, -0.1) is 22.7 Å². The molecule has 0 bridgehead atoms. The lowest BCUT2D eigenvalue weighted by molar-refractivity contribution is -0.138. The molecule has 14 heteroatoms. The summed E-state index contributed by atoms with van der Waals surface area (Å²) in [6.45, 7) is 0. The summed E-state index contributed by atoms with van der Waals surface area (Å²) in [4.78, 5) is 8.62. The van der Waals surface area contributed by atoms with Crippen LogP contribution in [0.4, 0.5) is 26.3 Å². The van der Waals surface area contributed by atoms with E-state index in [1.54, 1.807) is 36.4 Å². The van der Waals surface area contributed by atoms with Crippen molar-refractivity contribution in [2.45, 2.75) is 12.4 Å². The van der Waals surface area contributed by atoms with Crippen LogP contribution < -0.4 is 18.9 Å². The van der Waals surface area contributed by atoms with Gasteiger partial charge in [0.15, 0.2) is 23.0 Å². The largest absolute Gasteiger partial charge is 0.493 e. The zero-order chi connectivity index (χ0) is 33.2. The average Bonchev–Trinajstić information content (AvgIpc) is 3.67. The molecule has 6 aromatic rings. The van der Waals surface area contributed by atoms with Gasteiger partial charge in [0.1, 0.15) is 10.0 Å². The minimum atomic E-state index is -4.37. The van der Waals surface area contributed by atoms with Crippen LogP contribution in [0.15, 0.2) is 72.8 Å². The van der Waals surface area contributed by atoms with Crippen molar-refractivity contribution in [2.24, 2.45) is 0 Å². The van der Waals surface area contributed by atoms with E-state index in [4.69, 9.17) is 18.9 Å². The fourth-order valence-electron chi connectivity index (χ4n) is 4.39. The van der Waals surface area contributed by atoms with E-state index in [0.717, 1.165) is 35.4 Å². The molecule has 0 spiro atoms. The lowest BCUT2D eigenvalue weighted by Crippen LogP contribution is -2.03. The van der Waals surface area contributed by atoms with Crippen molar-refractivity contribution in [1.29, 1.82) is 0 Å². The van der Waals surface area contributed by atoms with Crippen LogP contribution in [0.1, 0.15) is 11.1 Å². The topological polar surface area (TPSA) is 62.7 Å². The first kappa shape index (κ1) is 32.8. The summed E-state index contributed by atoms with van der Waals surface area (Å²) in [7, 11) is 6.12. The summed E-state index contributed by atoms with van der Waals surface area (Å²) in [6, 6.07) is 17.7. The Kier molecular flexibility index (Phi) is 9.31. The molecule has 0 N–H and O–H groups in total. The van der Waals surface area contributed by atoms with E-state index >= 15 is 0 Å². The number of fused-ring (bicyclic) bond motifs is 2. The van der Waals surface area contributed by atoms with Gasteiger partial charge in [-0.25, -0.2) is 9.97 Å². The van der Waals surface area contributed by atoms with Crippen molar-refractivity contribution in [3.05, 3.63) is 83.9 Å². The van der Waals surface area contributed by atoms with Gasteiger partial charge in [0.05, 0.1) is 60.0 Å². The number of alkyl halides is 6. The van der Waals surface area contributed by atoms with Crippen LogP contribution in [-0.2, 0) is 12.4 Å². The van der Waals surface area contributed by atoms with E-state index < -0.39 is 23.5 Å². The smallest absolute Gasteiger partial charge is 0.416 e. The van der Waals surface area contributed by atoms with Gasteiger partial charge in [-0.2, -0.15) is 26.3 Å². The molecular weight excluding hydrogens is 654 g/mol. The number of hydrogen-bond acceptors (Lipinski definition) is 8. The molecule has 0 aliphatic heterocycles. The zero-order valence-corrected chi connectivity index (χ0v) is 26.2. The third kappa shape index (κ3) is 6.97. The normalized spacial score (nSPS) is 11.7. The molecule has 0 atom stereocenters. The number of methoxy groups -OCH3 is 4. The summed E-state index contributed by atoms with van der Waals surface area (Å²) in [5, 5.41) is 1.25. The van der Waals surface area contributed by atoms with Gasteiger partial charge >= 0.3 is 12.4 Å². The molecule has 6 nitrogen and oxygen atoms in total. The first-order chi connectivity index (χ1) is 21.8. The van der Waals surface area contributed by atoms with E-state index in [9.17, 15) is 26.3 Å². The number of ether oxygens (including phenoxy) is 4. The maximum Gasteiger partial charge on any atom is 0.416 e. The van der Waals surface area contributed by atoms with E-state index in [2.05, 4.69) is 9.97 Å². The summed E-state index contributed by atoms with van der Waals surface area (Å²) < 4.78 is 98.9. The van der Waals surface area contributed by atoms with Crippen molar-refractivity contribution in [1.82, 2.24) is 9.97 Å². The molecule has 0 saturated heterocycles. The second-order valence-electron chi connectivity index (χ2n) is 9.54. The maximum atomic E-state index is 12.8. The Morgan fingerprint density at radius 1 is 0.478 bits per heavy atom. The van der Waals surface area contributed by atoms with Crippen molar-refractivity contribution < 1.29 is 45.3 Å². The van der Waals surface area contributed by atoms with Gasteiger partial charge in [0, 0.05) is 11.1 Å². The quantitative estimate of drug-likeness (QED) is 0.164. The Bertz CT molecular complexity index is 1860. The van der Waals surface area contributed by atoms with Gasteiger partial charge in [0.25, 0.3) is 0 Å². The highest BCUT2D eigenvalue weighted by atomic mass is 32.1. The molecule has 0 aliphatic carbocycles. The van der Waals surface area contributed by atoms with Gasteiger partial charge in [-0.3, -0.25) is 0 Å². The molecule has 0 unspecified atom stereocenters. The van der Waals surface area contributed by atoms with Crippen LogP contribution in [0, 0.1) is 0 Å². The number of hydrogen-bond donors (Lipinski definition) is 0. The summed E-state index contributed by atoms with van der Waals surface area (Å²) >= 11 is 2.66. The third-order valence-electron chi connectivity index (χ3n) is 6.69. The molecule has 6 rings (SSSR count). The summed E-state index contributed by atoms with van der Waals surface area (Å²) in [5.74, 6) is 2.24. The van der Waals surface area contributed by atoms with E-state index in [1.165, 1.54) is 63.2 Å². The van der Waals surface area contributed by atoms with Crippen molar-refractivity contribution >= 4 is 43.1 Å². The lowest BCUT2D eigenvalue weighted by Gasteiger charge is -2.08. The molecule has 0 saturated carbocycles. The average molecular weight is 679 g/mol. The fourth-order valence-corrected chi connectivity index (χ4v) is 6.28. The monoisotopic (exact) mass is 678 g/mol. The Labute approximate surface area is 266 Å². The van der Waals surface area contributed by atoms with Gasteiger partial charge in [0.2, 0.25) is 0 Å². The minimum Gasteiger partial charge on any atom is -0.493 e. The second kappa shape index (κ2) is 13.0. The van der Waals surface area contributed by atoms with Crippen LogP contribution >= 0.6 is 22.7 Å². The van der Waals surface area contributed by atoms with Crippen molar-refractivity contribution in [2.75, 3.05) is 28.4 Å². The molecule has 0 fully saturated rings. The highest BCUT2D eigenvalue weighted by Gasteiger charge is 2.31. The molecule has 46 heavy (non-hydrogen) atoms. The predicted octanol–water partition coefficient (Wildman–Crippen LogP) is 10.00. The molecule has 2 aromatic heterocycles. The van der Waals surface area contributed by atoms with Crippen LogP contribution in [0.3, 0.4) is 0 Å². The molecule has 240 valence electrons. The molecule has 2 heterocycles. The Hall–Kier alpha value is -4.56. The van der Waals surface area contributed by atoms with E-state index in [1.807, 2.05) is 0 Å². The predicted molar refractivity (Wildman–Crippen MR) is 166 cm³/mol. The summed E-state index contributed by atoms with van der Waals surface area (Å²) in [6.07, 6.45) is -8.75. The van der Waals surface area contributed by atoms with Crippen LogP contribution in [0.5, 0.6) is 23.0 Å². The number of rotatable bonds is 6. The Morgan fingerprint density at radius 2 is 0.848 bits per heavy atom. The summed E-state index contributed by atoms with van der Waals surface area (Å²) in [5.41, 5.74) is 0.780. The minimum absolute atomic E-state index is 0.328. The van der Waals surface area contributed by atoms with Gasteiger partial charge in [-0.1, -0.05) is 0 Å². The second-order valence-corrected chi connectivity index (χ2v) is 11.6. The van der Waals surface area contributed by atoms with Crippen LogP contribution in [0.2, 0.25) is 0 Å². The Morgan fingerprint density at radius 3 is 1.17 bits per heavy atom. The number of nitrogens with zero attached hydrogens (tertiary/aromatic N) is 2. The third-order valence-corrected chi connectivity index (χ3v) is 8.86. The fraction of sp³-hybridized carbons (Fsp3) is 0.188. The first-order valence-corrected chi connectivity index (χ1v) is 14.9. The van der Waals surface area contributed by atoms with Crippen molar-refractivity contribution in [3.8, 4) is 44.1 Å². The lowest BCUT2D eigenvalue weighted by atomic mass is 10.2. The first-order valence-electron chi connectivity index (χ1n) is 13.2. The molecule has 4 aromatic carbocycles. The zero-order valence-electron chi connectivity index (χ0n) is 24.5. The highest BCUT2D eigenvalue weighted by Crippen LogP contribution is 2.39. The van der Waals surface area contributed by atoms with Gasteiger partial charge in [-0.05, 0) is 72.8 Å². The number of thiazole rings is 2. The van der Waals surface area contributed by atoms with E-state index in [-0.39, 0.29) is 0 Å². The number of benzene rings is 4. The SMILES string of the molecule is COc1ccc(-c2nc3cc(C(F)(F)F)ccc3s2)cc1OC.COc1ccc(-c2nc3cc(C(F)(F)F)ccc3s2)cc1OC. The van der Waals surface area contributed by atoms with E-state index in [0.29, 0.717) is 53.4 Å². The number of halogens is 6. The number of aromatic nitrogens is 2. The Balaban J connectivity index is 0.000000181. The highest BCUT2D eigenvalue weighted by molar-refractivity contribution is 7.22. The maximum absolute atomic E-state index is 12.8. The van der Waals surface area contributed by atoms with Crippen LogP contribution in [0.25, 0.3) is 41.6 Å². The molecule has 0 amide bonds. The van der Waals surface area contributed by atoms with Crippen molar-refractivity contribution in [3.63, 3.8) is 0 Å². The standard InChI is InChI=1S/2C16H12F3NO2S/c2*1-21-12-5-3-9(7-13(12)22-2)15-20-11-8-10(16(17,18)19)4-6-14(11)23-15/h2*3-8H,1-2H3.